The van der Waals surface area contributed by atoms with Gasteiger partial charge < -0.3 is 21.7 Å². The number of hydrogen-bond acceptors (Lipinski definition) is 21. The highest BCUT2D eigenvalue weighted by Crippen LogP contribution is 2.45. The van der Waals surface area contributed by atoms with Crippen molar-refractivity contribution in [2.75, 3.05) is 39.4 Å². The standard InChI is InChI=1S/C28H34Cl2N6O.C26H27Cl2N7O.2C26H31Cl2N5O/c1-16-13-19(6-10-25(16)35-12-4-5-21(35)8-11-26(31)37)24-15-32-27-17(2)34-36(28(27)33-24)18(3)22-9-7-20(29)14-23(22)30;1-14-10-16(5-8-22(14)34-9-3-4-23(34)25(30)36)21-13-31-24-20(12-29)33-35(26(24)32-21)15(2)18-7-6-17(27)11-19(18)28;2*1-15-11-18(6-9-24(15)32-10-4-5-20(32)14-34)23-13-29-25-16(2)31-33(26(25)30-23)17(3)21-8-7-19(27)12-22(21)28/h6-7,9,14-16,18,21,25H,4-5,8,10-13H2,1-3H3,(H2,31,37);5-7,11,13-15,22-23H,3-4,8-10H2,1-2H3,(H2,30,36);2*6-8,12-13,15,17,20,24,34H,4-5,9-11,14H2,1-3H3. The molecule has 8 aliphatic rings. The summed E-state index contributed by atoms with van der Waals surface area (Å²) in [4.78, 5) is 72.1. The number of aryl methyl sites for hydroxylation is 3. The maximum atomic E-state index is 11.9. The number of rotatable bonds is 22. The fourth-order valence-corrected chi connectivity index (χ4v) is 25.3. The molecular formula is C106H123Cl8N23O4. The number of hydrogen-bond donors (Lipinski definition) is 4. The molecule has 12 heterocycles. The lowest BCUT2D eigenvalue weighted by Gasteiger charge is -2.39. The van der Waals surface area contributed by atoms with Crippen LogP contribution < -0.4 is 11.5 Å². The number of aliphatic hydroxyl groups excluding tert-OH is 2. The summed E-state index contributed by atoms with van der Waals surface area (Å²) in [6.07, 6.45) is 33.9. The van der Waals surface area contributed by atoms with Crippen LogP contribution in [0.15, 0.2) is 122 Å². The zero-order valence-electron chi connectivity index (χ0n) is 81.5. The second-order valence-corrected chi connectivity index (χ2v) is 43.1. The largest absolute Gasteiger partial charge is 0.395 e. The molecule has 4 aliphatic carbocycles. The van der Waals surface area contributed by atoms with Crippen LogP contribution in [-0.2, 0) is 9.59 Å². The summed E-state index contributed by atoms with van der Waals surface area (Å²) in [5, 5.41) is 52.7. The Bertz CT molecular complexity index is 6650. The van der Waals surface area contributed by atoms with Crippen molar-refractivity contribution < 1.29 is 19.8 Å². The van der Waals surface area contributed by atoms with Crippen molar-refractivity contribution >= 4 is 172 Å². The van der Waals surface area contributed by atoms with E-state index >= 15 is 0 Å². The molecule has 4 aromatic carbocycles. The molecule has 20 rings (SSSR count). The highest BCUT2D eigenvalue weighted by molar-refractivity contribution is 6.37. The fourth-order valence-electron chi connectivity index (χ4n) is 23.0. The lowest BCUT2D eigenvalue weighted by atomic mass is 9.83. The number of carbonyl (C=O) groups excluding carboxylic acids is 2. The normalized spacial score (nSPS) is 23.9. The summed E-state index contributed by atoms with van der Waals surface area (Å²) >= 11 is 50.4. The minimum Gasteiger partial charge on any atom is -0.395 e. The van der Waals surface area contributed by atoms with E-state index in [4.69, 9.17) is 154 Å². The van der Waals surface area contributed by atoms with Crippen LogP contribution in [0.3, 0.4) is 0 Å². The lowest BCUT2D eigenvalue weighted by Crippen LogP contribution is -2.48. The molecular weight excluding hydrogens is 1940 g/mol. The number of nitriles is 1. The van der Waals surface area contributed by atoms with Gasteiger partial charge in [0.1, 0.15) is 28.1 Å². The number of likely N-dealkylation sites (tertiary alicyclic amines) is 4. The van der Waals surface area contributed by atoms with Crippen molar-refractivity contribution in [1.82, 2.24) is 98.6 Å². The molecule has 2 amide bonds. The van der Waals surface area contributed by atoms with Crippen LogP contribution in [0.4, 0.5) is 0 Å². The molecule has 0 saturated carbocycles. The second kappa shape index (κ2) is 44.6. The van der Waals surface area contributed by atoms with Crippen molar-refractivity contribution in [3.05, 3.63) is 230 Å². The van der Waals surface area contributed by atoms with Crippen molar-refractivity contribution in [3.63, 3.8) is 0 Å². The Morgan fingerprint density at radius 1 is 0.411 bits per heavy atom. The number of allylic oxidation sites excluding steroid dienone is 4. The van der Waals surface area contributed by atoms with Gasteiger partial charge in [-0.3, -0.25) is 29.2 Å². The van der Waals surface area contributed by atoms with Gasteiger partial charge in [-0.25, -0.2) is 58.6 Å². The molecule has 6 N–H and O–H groups in total. The average Bonchev–Trinajstić information content (AvgIpc) is 1.63. The Balaban J connectivity index is 0.000000130. The van der Waals surface area contributed by atoms with Crippen molar-refractivity contribution in [2.45, 2.75) is 264 Å². The predicted molar refractivity (Wildman–Crippen MR) is 563 cm³/mol. The quantitative estimate of drug-likeness (QED) is 0.0490. The first kappa shape index (κ1) is 103. The van der Waals surface area contributed by atoms with E-state index < -0.39 is 0 Å². The summed E-state index contributed by atoms with van der Waals surface area (Å²) in [5.41, 5.74) is 31.5. The number of aromatic nitrogens is 16. The van der Waals surface area contributed by atoms with E-state index in [1.807, 2.05) is 103 Å². The SMILES string of the molecule is CC1CC(c2cnc3c(C#N)nn(C(C)c4ccc(Cl)cc4Cl)c3n2)=CCC1N1CCCC1C(N)=O.Cc1nn(C(C)c2ccc(Cl)cc2Cl)c2nc(C3=CCC(N4CCCC4CCC(N)=O)C(C)C3)cnc12.Cc1nn(C(C)c2ccc(Cl)cc2Cl)c2nc(C3=CCC(N4CCCC4CO)C(C)C3)cnc12.Cc1nn(C(C)c2ccc(Cl)cc2Cl)c2nc(C3=CCC(N4CCCC4CO)C(C)C3)cnc12. The number of amides is 2. The molecule has 4 fully saturated rings. The maximum absolute atomic E-state index is 11.9. The highest BCUT2D eigenvalue weighted by atomic mass is 35.5. The summed E-state index contributed by atoms with van der Waals surface area (Å²) in [6.45, 7) is 27.9. The van der Waals surface area contributed by atoms with Gasteiger partial charge in [-0.1, -0.05) is 169 Å². The molecule has 4 saturated heterocycles. The van der Waals surface area contributed by atoms with Crippen molar-refractivity contribution in [2.24, 2.45) is 35.1 Å². The minimum atomic E-state index is -0.284. The molecule has 0 radical (unpaired) electrons. The van der Waals surface area contributed by atoms with E-state index in [2.05, 4.69) is 109 Å². The average molecular weight is 2070 g/mol. The number of aliphatic hydroxyl groups is 2. The molecule has 27 nitrogen and oxygen atoms in total. The molecule has 12 aromatic rings. The number of primary amides is 2. The third-order valence-corrected chi connectivity index (χ3v) is 32.9. The van der Waals surface area contributed by atoms with Crippen LogP contribution in [0.5, 0.6) is 0 Å². The van der Waals surface area contributed by atoms with Gasteiger partial charge >= 0.3 is 0 Å². The van der Waals surface area contributed by atoms with Gasteiger partial charge in [0.15, 0.2) is 28.3 Å². The molecule has 0 spiro atoms. The molecule has 35 heteroatoms. The van der Waals surface area contributed by atoms with E-state index in [1.165, 1.54) is 36.0 Å². The van der Waals surface area contributed by atoms with Gasteiger partial charge in [0.2, 0.25) is 11.8 Å². The number of fused-ring (bicyclic) bond motifs is 4. The minimum absolute atomic E-state index is 0.111. The summed E-state index contributed by atoms with van der Waals surface area (Å²) in [5.74, 6) is 1.34. The summed E-state index contributed by atoms with van der Waals surface area (Å²) < 4.78 is 7.46. The van der Waals surface area contributed by atoms with Gasteiger partial charge in [0.25, 0.3) is 0 Å². The smallest absolute Gasteiger partial charge is 0.234 e. The van der Waals surface area contributed by atoms with Gasteiger partial charge in [-0.2, -0.15) is 25.7 Å². The zero-order chi connectivity index (χ0) is 99.8. The fraction of sp³-hybridized carbons (Fsp3) is 0.481. The Labute approximate surface area is 863 Å². The Morgan fingerprint density at radius 3 is 0.993 bits per heavy atom. The van der Waals surface area contributed by atoms with Crippen LogP contribution in [-0.4, -0.2) is 208 Å². The number of nitrogens with zero attached hydrogens (tertiary/aromatic N) is 21. The summed E-state index contributed by atoms with van der Waals surface area (Å²) in [7, 11) is 0. The predicted octanol–water partition coefficient (Wildman–Crippen LogP) is 22.1. The third kappa shape index (κ3) is 21.9. The first-order chi connectivity index (χ1) is 67.7. The van der Waals surface area contributed by atoms with Crippen LogP contribution in [0.25, 0.3) is 66.9 Å². The highest BCUT2D eigenvalue weighted by Gasteiger charge is 2.42. The lowest BCUT2D eigenvalue weighted by molar-refractivity contribution is -0.123. The molecule has 0 bridgehead atoms. The van der Waals surface area contributed by atoms with Crippen LogP contribution in [0.2, 0.25) is 40.2 Å². The Kier molecular flexibility index (Phi) is 32.6. The zero-order valence-corrected chi connectivity index (χ0v) is 87.6. The van der Waals surface area contributed by atoms with E-state index in [9.17, 15) is 25.1 Å². The molecule has 742 valence electrons. The molecule has 16 unspecified atom stereocenters. The molecule has 4 aliphatic heterocycles. The first-order valence-electron chi connectivity index (χ1n) is 49.5. The Morgan fingerprint density at radius 2 is 0.695 bits per heavy atom. The summed E-state index contributed by atoms with van der Waals surface area (Å²) in [6, 6.07) is 26.0. The monoisotopic (exact) mass is 2060 g/mol. The van der Waals surface area contributed by atoms with Crippen molar-refractivity contribution in [1.29, 1.82) is 5.26 Å². The first-order valence-corrected chi connectivity index (χ1v) is 52.5. The molecule has 8 aromatic heterocycles. The van der Waals surface area contributed by atoms with E-state index in [0.717, 1.165) is 217 Å². The van der Waals surface area contributed by atoms with Gasteiger partial charge in [-0.15, -0.1) is 0 Å². The van der Waals surface area contributed by atoms with Gasteiger partial charge in [0.05, 0.1) is 108 Å². The maximum Gasteiger partial charge on any atom is 0.234 e. The van der Waals surface area contributed by atoms with Crippen molar-refractivity contribution in [3.8, 4) is 6.07 Å². The van der Waals surface area contributed by atoms with E-state index in [-0.39, 0.29) is 67.0 Å². The van der Waals surface area contributed by atoms with E-state index in [0.29, 0.717) is 118 Å². The van der Waals surface area contributed by atoms with Crippen LogP contribution in [0, 0.1) is 55.8 Å². The molecule has 16 atom stereocenters. The second-order valence-electron chi connectivity index (χ2n) is 39.7. The number of carbonyl (C=O) groups is 2. The number of benzene rings is 4. The third-order valence-electron chi connectivity index (χ3n) is 30.6. The Hall–Kier alpha value is -9.45. The van der Waals surface area contributed by atoms with Crippen LogP contribution >= 0.6 is 92.8 Å². The number of nitrogens with two attached hydrogens (primary N) is 2. The van der Waals surface area contributed by atoms with Gasteiger partial charge in [-0.05, 0) is 301 Å². The van der Waals surface area contributed by atoms with E-state index in [1.54, 1.807) is 41.2 Å². The van der Waals surface area contributed by atoms with Gasteiger partial charge in [0, 0.05) is 88.9 Å². The van der Waals surface area contributed by atoms with Crippen LogP contribution in [0.1, 0.15) is 263 Å². The molecule has 141 heavy (non-hydrogen) atoms. The number of halogens is 8. The topological polar surface area (TPSA) is 338 Å².